The third-order valence-electron chi connectivity index (χ3n) is 2.47. The number of hydrogen-bond acceptors (Lipinski definition) is 4. The van der Waals surface area contributed by atoms with Crippen molar-refractivity contribution in [1.29, 1.82) is 0 Å². The van der Waals surface area contributed by atoms with Gasteiger partial charge in [0.05, 0.1) is 11.9 Å². The summed E-state index contributed by atoms with van der Waals surface area (Å²) in [6.07, 6.45) is 3.12. The van der Waals surface area contributed by atoms with Gasteiger partial charge in [0.2, 0.25) is 0 Å². The topological polar surface area (TPSA) is 59.6 Å². The summed E-state index contributed by atoms with van der Waals surface area (Å²) in [5, 5.41) is 11.4. The number of benzene rings is 1. The smallest absolute Gasteiger partial charge is 0.152 e. The van der Waals surface area contributed by atoms with E-state index in [2.05, 4.69) is 10.1 Å². The molecule has 1 aromatic heterocycles. The van der Waals surface area contributed by atoms with Crippen LogP contribution in [0.5, 0.6) is 5.75 Å². The Labute approximate surface area is 91.6 Å². The van der Waals surface area contributed by atoms with E-state index in [1.807, 2.05) is 35.0 Å². The lowest BCUT2D eigenvalue weighted by molar-refractivity contribution is 0.279. The van der Waals surface area contributed by atoms with Crippen LogP contribution in [-0.4, -0.2) is 21.0 Å². The molecular formula is C11H9N3O2. The number of ether oxygens (including phenoxy) is 1. The van der Waals surface area contributed by atoms with Crippen molar-refractivity contribution in [2.75, 3.05) is 0 Å². The highest BCUT2D eigenvalue weighted by atomic mass is 16.5. The number of hydrogen-bond donors (Lipinski definition) is 1. The first-order valence-corrected chi connectivity index (χ1v) is 4.86. The average Bonchev–Trinajstić information content (AvgIpc) is 2.72. The van der Waals surface area contributed by atoms with Crippen molar-refractivity contribution in [3.63, 3.8) is 0 Å². The minimum atomic E-state index is 0.427. The maximum absolute atomic E-state index is 8.47. The monoisotopic (exact) mass is 215 g/mol. The van der Waals surface area contributed by atoms with Crippen LogP contribution in [0.3, 0.4) is 0 Å². The van der Waals surface area contributed by atoms with E-state index in [9.17, 15) is 0 Å². The van der Waals surface area contributed by atoms with Gasteiger partial charge in [0.15, 0.2) is 5.82 Å². The Morgan fingerprint density at radius 3 is 3.19 bits per heavy atom. The van der Waals surface area contributed by atoms with Crippen molar-refractivity contribution in [2.24, 2.45) is 5.16 Å². The SMILES string of the molecule is ON=Cc1cn2c(n1)COc1ccccc1-2. The lowest BCUT2D eigenvalue weighted by Gasteiger charge is -2.18. The summed E-state index contributed by atoms with van der Waals surface area (Å²) in [7, 11) is 0. The first-order valence-electron chi connectivity index (χ1n) is 4.86. The molecule has 1 N–H and O–H groups in total. The van der Waals surface area contributed by atoms with E-state index in [-0.39, 0.29) is 0 Å². The largest absolute Gasteiger partial charge is 0.483 e. The van der Waals surface area contributed by atoms with Crippen molar-refractivity contribution in [2.45, 2.75) is 6.61 Å². The van der Waals surface area contributed by atoms with E-state index in [4.69, 9.17) is 9.94 Å². The van der Waals surface area contributed by atoms with Crippen LogP contribution in [0, 0.1) is 0 Å². The summed E-state index contributed by atoms with van der Waals surface area (Å²) in [5.74, 6) is 1.63. The number of para-hydroxylation sites is 2. The Balaban J connectivity index is 2.16. The summed E-state index contributed by atoms with van der Waals surface area (Å²) in [4.78, 5) is 4.27. The number of fused-ring (bicyclic) bond motifs is 3. The van der Waals surface area contributed by atoms with Gasteiger partial charge in [-0.2, -0.15) is 0 Å². The molecule has 0 saturated heterocycles. The lowest BCUT2D eigenvalue weighted by Crippen LogP contribution is -2.12. The second-order valence-corrected chi connectivity index (χ2v) is 3.45. The van der Waals surface area contributed by atoms with E-state index in [0.717, 1.165) is 17.3 Å². The van der Waals surface area contributed by atoms with Gasteiger partial charge in [0.1, 0.15) is 18.1 Å². The number of imidazole rings is 1. The van der Waals surface area contributed by atoms with Gasteiger partial charge in [-0.05, 0) is 12.1 Å². The second kappa shape index (κ2) is 3.37. The Bertz CT molecular complexity index is 560. The van der Waals surface area contributed by atoms with E-state index in [1.165, 1.54) is 6.21 Å². The highest BCUT2D eigenvalue weighted by Gasteiger charge is 2.17. The van der Waals surface area contributed by atoms with Gasteiger partial charge in [0, 0.05) is 6.20 Å². The molecule has 16 heavy (non-hydrogen) atoms. The molecule has 0 spiro atoms. The quantitative estimate of drug-likeness (QED) is 0.446. The van der Waals surface area contributed by atoms with E-state index >= 15 is 0 Å². The fourth-order valence-corrected chi connectivity index (χ4v) is 1.79. The third-order valence-corrected chi connectivity index (χ3v) is 2.47. The molecule has 0 fully saturated rings. The number of nitrogens with zero attached hydrogens (tertiary/aromatic N) is 3. The molecule has 0 bridgehead atoms. The standard InChI is InChI=1S/C11H9N3O2/c15-12-5-8-6-14-9-3-1-2-4-10(9)16-7-11(14)13-8/h1-6,15H,7H2. The van der Waals surface area contributed by atoms with Crippen molar-refractivity contribution in [3.05, 3.63) is 42.0 Å². The van der Waals surface area contributed by atoms with Crippen molar-refractivity contribution < 1.29 is 9.94 Å². The summed E-state index contributed by atoms with van der Waals surface area (Å²) in [6, 6.07) is 7.74. The fourth-order valence-electron chi connectivity index (χ4n) is 1.79. The van der Waals surface area contributed by atoms with Crippen LogP contribution < -0.4 is 4.74 Å². The van der Waals surface area contributed by atoms with Gasteiger partial charge < -0.3 is 9.94 Å². The molecule has 0 unspecified atom stereocenters. The van der Waals surface area contributed by atoms with Crippen LogP contribution in [-0.2, 0) is 6.61 Å². The number of oxime groups is 1. The molecule has 5 nitrogen and oxygen atoms in total. The number of rotatable bonds is 1. The highest BCUT2D eigenvalue weighted by molar-refractivity contribution is 5.76. The molecule has 0 aliphatic carbocycles. The zero-order valence-corrected chi connectivity index (χ0v) is 8.37. The zero-order valence-electron chi connectivity index (χ0n) is 8.37. The van der Waals surface area contributed by atoms with E-state index < -0.39 is 0 Å². The average molecular weight is 215 g/mol. The third kappa shape index (κ3) is 1.25. The molecular weight excluding hydrogens is 206 g/mol. The first kappa shape index (κ1) is 8.96. The summed E-state index contributed by atoms with van der Waals surface area (Å²) >= 11 is 0. The van der Waals surface area contributed by atoms with Gasteiger partial charge in [-0.3, -0.25) is 4.57 Å². The molecule has 80 valence electrons. The van der Waals surface area contributed by atoms with Crippen molar-refractivity contribution in [1.82, 2.24) is 9.55 Å². The van der Waals surface area contributed by atoms with Crippen LogP contribution in [0.4, 0.5) is 0 Å². The molecule has 1 aliphatic heterocycles. The number of aromatic nitrogens is 2. The molecule has 5 heteroatoms. The summed E-state index contributed by atoms with van der Waals surface area (Å²) < 4.78 is 7.49. The van der Waals surface area contributed by atoms with Crippen LogP contribution >= 0.6 is 0 Å². The van der Waals surface area contributed by atoms with Crippen molar-refractivity contribution in [3.8, 4) is 11.4 Å². The Morgan fingerprint density at radius 1 is 1.44 bits per heavy atom. The maximum atomic E-state index is 8.47. The van der Waals surface area contributed by atoms with Gasteiger partial charge in [-0.15, -0.1) is 0 Å². The zero-order chi connectivity index (χ0) is 11.0. The minimum absolute atomic E-state index is 0.427. The molecule has 1 aliphatic rings. The molecule has 1 aromatic carbocycles. The van der Waals surface area contributed by atoms with Gasteiger partial charge in [0.25, 0.3) is 0 Å². The van der Waals surface area contributed by atoms with E-state index in [1.54, 1.807) is 0 Å². The normalized spacial score (nSPS) is 13.2. The Morgan fingerprint density at radius 2 is 2.31 bits per heavy atom. The van der Waals surface area contributed by atoms with Gasteiger partial charge in [-0.1, -0.05) is 17.3 Å². The van der Waals surface area contributed by atoms with Crippen molar-refractivity contribution >= 4 is 6.21 Å². The Kier molecular flexibility index (Phi) is 1.89. The molecule has 3 rings (SSSR count). The predicted molar refractivity (Wildman–Crippen MR) is 57.3 cm³/mol. The molecule has 0 saturated carbocycles. The summed E-state index contributed by atoms with van der Waals surface area (Å²) in [5.41, 5.74) is 1.56. The van der Waals surface area contributed by atoms with Crippen LogP contribution in [0.25, 0.3) is 5.69 Å². The van der Waals surface area contributed by atoms with Crippen LogP contribution in [0.1, 0.15) is 11.5 Å². The molecule has 2 heterocycles. The lowest BCUT2D eigenvalue weighted by atomic mass is 10.2. The van der Waals surface area contributed by atoms with Crippen LogP contribution in [0.2, 0.25) is 0 Å². The van der Waals surface area contributed by atoms with Crippen LogP contribution in [0.15, 0.2) is 35.6 Å². The molecule has 0 atom stereocenters. The molecule has 0 radical (unpaired) electrons. The van der Waals surface area contributed by atoms with Gasteiger partial charge in [-0.25, -0.2) is 4.98 Å². The first-order chi connectivity index (χ1) is 7.88. The predicted octanol–water partition coefficient (Wildman–Crippen LogP) is 1.57. The van der Waals surface area contributed by atoms with Gasteiger partial charge >= 0.3 is 0 Å². The summed E-state index contributed by atoms with van der Waals surface area (Å²) in [6.45, 7) is 0.427. The molecule has 0 amide bonds. The van der Waals surface area contributed by atoms with E-state index in [0.29, 0.717) is 12.3 Å². The second-order valence-electron chi connectivity index (χ2n) is 3.45. The highest BCUT2D eigenvalue weighted by Crippen LogP contribution is 2.28. The Hall–Kier alpha value is -2.30. The minimum Gasteiger partial charge on any atom is -0.483 e. The fraction of sp³-hybridized carbons (Fsp3) is 0.0909. The maximum Gasteiger partial charge on any atom is 0.152 e. The molecule has 2 aromatic rings.